The van der Waals surface area contributed by atoms with Gasteiger partial charge in [-0.2, -0.15) is 0 Å². The lowest BCUT2D eigenvalue weighted by Gasteiger charge is -2.09. The molecule has 3 N–H and O–H groups in total. The van der Waals surface area contributed by atoms with Crippen LogP contribution in [0.2, 0.25) is 0 Å². The van der Waals surface area contributed by atoms with Crippen molar-refractivity contribution < 1.29 is 27.8 Å². The predicted molar refractivity (Wildman–Crippen MR) is 86.1 cm³/mol. The molecule has 2 rings (SSSR count). The van der Waals surface area contributed by atoms with Crippen LogP contribution < -0.4 is 10.1 Å². The maximum Gasteiger partial charge on any atom is 0.573 e. The predicted octanol–water partition coefficient (Wildman–Crippen LogP) is 4.28. The molecule has 0 aliphatic rings. The van der Waals surface area contributed by atoms with Crippen LogP contribution in [0.1, 0.15) is 15.9 Å². The monoisotopic (exact) mass is 350 g/mol. The molecule has 2 aromatic rings. The van der Waals surface area contributed by atoms with E-state index in [4.69, 9.17) is 10.5 Å². The zero-order chi connectivity index (χ0) is 18.4. The van der Waals surface area contributed by atoms with Crippen molar-refractivity contribution in [2.45, 2.75) is 6.36 Å². The second-order valence-corrected chi connectivity index (χ2v) is 4.85. The van der Waals surface area contributed by atoms with Crippen LogP contribution in [0.15, 0.2) is 60.8 Å². The number of hydrogen-bond acceptors (Lipinski definition) is 4. The van der Waals surface area contributed by atoms with Crippen LogP contribution in [0.3, 0.4) is 0 Å². The van der Waals surface area contributed by atoms with E-state index in [1.807, 2.05) is 0 Å². The lowest BCUT2D eigenvalue weighted by molar-refractivity contribution is -0.274. The van der Waals surface area contributed by atoms with Gasteiger partial charge in [-0.1, -0.05) is 12.1 Å². The van der Waals surface area contributed by atoms with Gasteiger partial charge in [-0.05, 0) is 48.0 Å². The number of nitrogens with one attached hydrogen (secondary N) is 2. The number of aromatic carboxylic acids is 1. The van der Waals surface area contributed by atoms with Crippen LogP contribution in [0.25, 0.3) is 0 Å². The maximum absolute atomic E-state index is 12.1. The van der Waals surface area contributed by atoms with Crippen molar-refractivity contribution in [2.24, 2.45) is 0 Å². The quantitative estimate of drug-likeness (QED) is 0.679. The van der Waals surface area contributed by atoms with E-state index in [2.05, 4.69) is 10.1 Å². The van der Waals surface area contributed by atoms with E-state index in [0.29, 0.717) is 11.3 Å². The molecule has 0 radical (unpaired) electrons. The third kappa shape index (κ3) is 5.69. The highest BCUT2D eigenvalue weighted by Crippen LogP contribution is 2.23. The van der Waals surface area contributed by atoms with Crippen molar-refractivity contribution in [3.05, 3.63) is 71.9 Å². The molecule has 0 amide bonds. The Balaban J connectivity index is 1.93. The molecule has 0 heterocycles. The standard InChI is InChI=1S/C17H13F3N2O3/c18-17(19,20)25-14-7-5-13(6-8-14)22-10-9-15(21)11-1-3-12(4-2-11)16(23)24/h1-10,21-22H,(H,23,24)/b10-9-,21-15?. The van der Waals surface area contributed by atoms with Crippen molar-refractivity contribution in [3.63, 3.8) is 0 Å². The zero-order valence-corrected chi connectivity index (χ0v) is 12.7. The van der Waals surface area contributed by atoms with E-state index in [9.17, 15) is 18.0 Å². The lowest BCUT2D eigenvalue weighted by Crippen LogP contribution is -2.16. The first-order chi connectivity index (χ1) is 11.7. The van der Waals surface area contributed by atoms with Gasteiger partial charge in [0.05, 0.1) is 11.3 Å². The minimum absolute atomic E-state index is 0.125. The number of allylic oxidation sites excluding steroid dienone is 1. The molecule has 0 spiro atoms. The Morgan fingerprint density at radius 1 is 1.04 bits per heavy atom. The number of carboxylic acid groups (broad SMARTS) is 1. The molecular weight excluding hydrogens is 337 g/mol. The number of carbonyl (C=O) groups is 1. The third-order valence-corrected chi connectivity index (χ3v) is 3.03. The summed E-state index contributed by atoms with van der Waals surface area (Å²) in [5.41, 5.74) is 1.30. The Hall–Kier alpha value is -3.29. The van der Waals surface area contributed by atoms with Crippen LogP contribution in [0, 0.1) is 5.41 Å². The summed E-state index contributed by atoms with van der Waals surface area (Å²) < 4.78 is 39.9. The first-order valence-corrected chi connectivity index (χ1v) is 6.96. The molecule has 0 saturated carbocycles. The molecule has 2 aromatic carbocycles. The lowest BCUT2D eigenvalue weighted by atomic mass is 10.1. The van der Waals surface area contributed by atoms with Gasteiger partial charge in [-0.25, -0.2) is 4.79 Å². The normalized spacial score (nSPS) is 11.3. The van der Waals surface area contributed by atoms with Gasteiger partial charge < -0.3 is 20.6 Å². The minimum atomic E-state index is -4.74. The van der Waals surface area contributed by atoms with Crippen LogP contribution in [0.5, 0.6) is 5.75 Å². The highest BCUT2D eigenvalue weighted by molar-refractivity contribution is 6.07. The topological polar surface area (TPSA) is 82.4 Å². The van der Waals surface area contributed by atoms with Crippen molar-refractivity contribution in [3.8, 4) is 5.75 Å². The highest BCUT2D eigenvalue weighted by Gasteiger charge is 2.30. The summed E-state index contributed by atoms with van der Waals surface area (Å²) in [5, 5.41) is 19.5. The van der Waals surface area contributed by atoms with E-state index in [-0.39, 0.29) is 17.0 Å². The Morgan fingerprint density at radius 3 is 2.12 bits per heavy atom. The molecule has 0 fully saturated rings. The van der Waals surface area contributed by atoms with Gasteiger partial charge in [-0.3, -0.25) is 0 Å². The number of hydrogen-bond donors (Lipinski definition) is 3. The molecule has 0 aromatic heterocycles. The molecular formula is C17H13F3N2O3. The van der Waals surface area contributed by atoms with E-state index in [0.717, 1.165) is 0 Å². The molecule has 0 aliphatic carbocycles. The van der Waals surface area contributed by atoms with Crippen molar-refractivity contribution in [1.29, 1.82) is 5.41 Å². The molecule has 8 heteroatoms. The molecule has 130 valence electrons. The molecule has 0 atom stereocenters. The first kappa shape index (κ1) is 18.1. The van der Waals surface area contributed by atoms with Gasteiger partial charge in [0.25, 0.3) is 0 Å². The van der Waals surface area contributed by atoms with Gasteiger partial charge in [0.1, 0.15) is 5.75 Å². The molecule has 0 bridgehead atoms. The molecule has 0 saturated heterocycles. The summed E-state index contributed by atoms with van der Waals surface area (Å²) in [6.45, 7) is 0. The average molecular weight is 350 g/mol. The Labute approximate surface area is 140 Å². The zero-order valence-electron chi connectivity index (χ0n) is 12.7. The fourth-order valence-corrected chi connectivity index (χ4v) is 1.86. The van der Waals surface area contributed by atoms with Crippen LogP contribution in [-0.2, 0) is 0 Å². The van der Waals surface area contributed by atoms with Gasteiger partial charge in [-0.15, -0.1) is 13.2 Å². The fraction of sp³-hybridized carbons (Fsp3) is 0.0588. The number of carboxylic acids is 1. The van der Waals surface area contributed by atoms with Crippen molar-refractivity contribution >= 4 is 17.4 Å². The second-order valence-electron chi connectivity index (χ2n) is 4.85. The Bertz CT molecular complexity index is 782. The van der Waals surface area contributed by atoms with E-state index in [1.54, 1.807) is 0 Å². The molecule has 5 nitrogen and oxygen atoms in total. The van der Waals surface area contributed by atoms with Crippen LogP contribution >= 0.6 is 0 Å². The number of benzene rings is 2. The SMILES string of the molecule is N=C(/C=C\Nc1ccc(OC(F)(F)F)cc1)c1ccc(C(=O)O)cc1. The van der Waals surface area contributed by atoms with Gasteiger partial charge in [0.15, 0.2) is 0 Å². The first-order valence-electron chi connectivity index (χ1n) is 6.96. The molecule has 25 heavy (non-hydrogen) atoms. The van der Waals surface area contributed by atoms with E-state index < -0.39 is 12.3 Å². The number of rotatable bonds is 6. The Kier molecular flexibility index (Phi) is 5.43. The summed E-state index contributed by atoms with van der Waals surface area (Å²) in [7, 11) is 0. The summed E-state index contributed by atoms with van der Waals surface area (Å²) in [5.74, 6) is -1.37. The molecule has 0 aliphatic heterocycles. The number of halogens is 3. The summed E-state index contributed by atoms with van der Waals surface area (Å²) in [6, 6.07) is 10.9. The number of alkyl halides is 3. The van der Waals surface area contributed by atoms with E-state index >= 15 is 0 Å². The van der Waals surface area contributed by atoms with Gasteiger partial charge in [0, 0.05) is 11.9 Å². The number of ether oxygens (including phenoxy) is 1. The smallest absolute Gasteiger partial charge is 0.478 e. The summed E-state index contributed by atoms with van der Waals surface area (Å²) in [4.78, 5) is 10.8. The van der Waals surface area contributed by atoms with Crippen molar-refractivity contribution in [2.75, 3.05) is 5.32 Å². The highest BCUT2D eigenvalue weighted by atomic mass is 19.4. The maximum atomic E-state index is 12.1. The summed E-state index contributed by atoms with van der Waals surface area (Å²) in [6.07, 6.45) is -1.84. The Morgan fingerprint density at radius 2 is 1.60 bits per heavy atom. The van der Waals surface area contributed by atoms with Crippen LogP contribution in [-0.4, -0.2) is 23.1 Å². The molecule has 0 unspecified atom stereocenters. The number of anilines is 1. The minimum Gasteiger partial charge on any atom is -0.478 e. The summed E-state index contributed by atoms with van der Waals surface area (Å²) >= 11 is 0. The van der Waals surface area contributed by atoms with Crippen LogP contribution in [0.4, 0.5) is 18.9 Å². The average Bonchev–Trinajstić information content (AvgIpc) is 2.55. The van der Waals surface area contributed by atoms with Crippen molar-refractivity contribution in [1.82, 2.24) is 0 Å². The van der Waals surface area contributed by atoms with E-state index in [1.165, 1.54) is 60.8 Å². The van der Waals surface area contributed by atoms with Gasteiger partial charge >= 0.3 is 12.3 Å². The largest absolute Gasteiger partial charge is 0.573 e. The second kappa shape index (κ2) is 7.52. The fourth-order valence-electron chi connectivity index (χ4n) is 1.86. The third-order valence-electron chi connectivity index (χ3n) is 3.03. The van der Waals surface area contributed by atoms with Gasteiger partial charge in [0.2, 0.25) is 0 Å².